The fourth-order valence-electron chi connectivity index (χ4n) is 2.60. The summed E-state index contributed by atoms with van der Waals surface area (Å²) in [6.45, 7) is 0.488. The molecule has 0 bridgehead atoms. The zero-order valence-corrected chi connectivity index (χ0v) is 17.0. The number of nitrogens with one attached hydrogen (secondary N) is 1. The number of hydrogen-bond acceptors (Lipinski definition) is 5. The van der Waals surface area contributed by atoms with Gasteiger partial charge in [-0.2, -0.15) is 0 Å². The van der Waals surface area contributed by atoms with Crippen molar-refractivity contribution in [1.82, 2.24) is 15.2 Å². The number of halogens is 1. The van der Waals surface area contributed by atoms with Crippen LogP contribution in [0.25, 0.3) is 10.6 Å². The number of hydrogen-bond donors (Lipinski definition) is 1. The lowest BCUT2D eigenvalue weighted by atomic mass is 10.2. The molecule has 136 valence electrons. The maximum atomic E-state index is 12.3. The van der Waals surface area contributed by atoms with Crippen molar-refractivity contribution in [3.63, 3.8) is 0 Å². The maximum Gasteiger partial charge on any atom is 0.226 e. The van der Waals surface area contributed by atoms with E-state index in [0.29, 0.717) is 6.54 Å². The molecule has 0 saturated carbocycles. The molecule has 1 atom stereocenters. The SMILES string of the molecule is CN(C)C(CNC(=O)Cc1csc(-c2cccc(Br)c2)n1)c1ccco1. The van der Waals surface area contributed by atoms with Gasteiger partial charge in [-0.25, -0.2) is 4.98 Å². The van der Waals surface area contributed by atoms with Gasteiger partial charge in [-0.15, -0.1) is 11.3 Å². The Kier molecular flexibility index (Phi) is 6.24. The van der Waals surface area contributed by atoms with Crippen molar-refractivity contribution >= 4 is 33.2 Å². The molecule has 0 fully saturated rings. The molecule has 26 heavy (non-hydrogen) atoms. The van der Waals surface area contributed by atoms with E-state index in [9.17, 15) is 4.79 Å². The summed E-state index contributed by atoms with van der Waals surface area (Å²) in [7, 11) is 3.92. The molecule has 2 aromatic heterocycles. The third kappa shape index (κ3) is 4.81. The summed E-state index contributed by atoms with van der Waals surface area (Å²) in [5, 5.41) is 5.82. The first-order valence-electron chi connectivity index (χ1n) is 8.20. The number of likely N-dealkylation sites (N-methyl/N-ethyl adjacent to an activating group) is 1. The van der Waals surface area contributed by atoms with Gasteiger partial charge in [0.1, 0.15) is 10.8 Å². The number of nitrogens with zero attached hydrogens (tertiary/aromatic N) is 2. The number of rotatable bonds is 7. The van der Waals surface area contributed by atoms with Gasteiger partial charge in [0, 0.05) is 22.0 Å². The van der Waals surface area contributed by atoms with Crippen LogP contribution in [0.4, 0.5) is 0 Å². The summed E-state index contributed by atoms with van der Waals surface area (Å²) in [6.07, 6.45) is 1.91. The highest BCUT2D eigenvalue weighted by molar-refractivity contribution is 9.10. The van der Waals surface area contributed by atoms with Gasteiger partial charge in [0.2, 0.25) is 5.91 Å². The molecular formula is C19H20BrN3O2S. The van der Waals surface area contributed by atoms with E-state index < -0.39 is 0 Å². The van der Waals surface area contributed by atoms with Crippen LogP contribution < -0.4 is 5.32 Å². The fraction of sp³-hybridized carbons (Fsp3) is 0.263. The molecule has 0 aliphatic heterocycles. The Morgan fingerprint density at radius 3 is 2.88 bits per heavy atom. The van der Waals surface area contributed by atoms with Gasteiger partial charge in [0.25, 0.3) is 0 Å². The van der Waals surface area contributed by atoms with Gasteiger partial charge >= 0.3 is 0 Å². The minimum Gasteiger partial charge on any atom is -0.468 e. The summed E-state index contributed by atoms with van der Waals surface area (Å²) in [5.41, 5.74) is 1.82. The Balaban J connectivity index is 1.58. The largest absolute Gasteiger partial charge is 0.468 e. The van der Waals surface area contributed by atoms with Crippen molar-refractivity contribution in [1.29, 1.82) is 0 Å². The summed E-state index contributed by atoms with van der Waals surface area (Å²) in [6, 6.07) is 11.8. The lowest BCUT2D eigenvalue weighted by Gasteiger charge is -2.22. The Hall–Kier alpha value is -1.96. The highest BCUT2D eigenvalue weighted by atomic mass is 79.9. The molecule has 1 unspecified atom stereocenters. The monoisotopic (exact) mass is 433 g/mol. The molecule has 0 radical (unpaired) electrons. The average molecular weight is 434 g/mol. The highest BCUT2D eigenvalue weighted by Crippen LogP contribution is 2.26. The van der Waals surface area contributed by atoms with E-state index >= 15 is 0 Å². The lowest BCUT2D eigenvalue weighted by molar-refractivity contribution is -0.120. The molecule has 0 spiro atoms. The van der Waals surface area contributed by atoms with Gasteiger partial charge in [0.15, 0.2) is 0 Å². The van der Waals surface area contributed by atoms with Crippen LogP contribution in [0.1, 0.15) is 17.5 Å². The molecule has 0 aliphatic rings. The molecule has 1 N–H and O–H groups in total. The molecule has 1 aromatic carbocycles. The lowest BCUT2D eigenvalue weighted by Crippen LogP contribution is -2.35. The maximum absolute atomic E-state index is 12.3. The first-order chi connectivity index (χ1) is 12.5. The molecule has 7 heteroatoms. The number of carbonyl (C=O) groups is 1. The Morgan fingerprint density at radius 1 is 1.35 bits per heavy atom. The molecule has 0 saturated heterocycles. The third-order valence-corrected chi connectivity index (χ3v) is 5.39. The molecule has 5 nitrogen and oxygen atoms in total. The number of furan rings is 1. The van der Waals surface area contributed by atoms with Crippen molar-refractivity contribution in [2.24, 2.45) is 0 Å². The van der Waals surface area contributed by atoms with Crippen LogP contribution in [-0.2, 0) is 11.2 Å². The van der Waals surface area contributed by atoms with E-state index in [4.69, 9.17) is 4.42 Å². The van der Waals surface area contributed by atoms with Crippen molar-refractivity contribution in [3.8, 4) is 10.6 Å². The van der Waals surface area contributed by atoms with E-state index in [1.165, 1.54) is 0 Å². The van der Waals surface area contributed by atoms with E-state index in [0.717, 1.165) is 26.5 Å². The first-order valence-corrected chi connectivity index (χ1v) is 9.87. The minimum absolute atomic E-state index is 0.00149. The zero-order chi connectivity index (χ0) is 18.5. The van der Waals surface area contributed by atoms with E-state index in [2.05, 4.69) is 26.2 Å². The van der Waals surface area contributed by atoms with Gasteiger partial charge in [0.05, 0.1) is 24.4 Å². The van der Waals surface area contributed by atoms with Crippen LogP contribution in [0, 0.1) is 0 Å². The van der Waals surface area contributed by atoms with Crippen molar-refractivity contribution < 1.29 is 9.21 Å². The summed E-state index contributed by atoms with van der Waals surface area (Å²) in [4.78, 5) is 18.9. The Labute approximate surface area is 165 Å². The van der Waals surface area contributed by atoms with Gasteiger partial charge < -0.3 is 9.73 Å². The summed E-state index contributed by atoms with van der Waals surface area (Å²) < 4.78 is 6.47. The zero-order valence-electron chi connectivity index (χ0n) is 14.6. The second kappa shape index (κ2) is 8.62. The third-order valence-electron chi connectivity index (χ3n) is 3.95. The predicted octanol–water partition coefficient (Wildman–Crippen LogP) is 4.13. The van der Waals surface area contributed by atoms with Crippen molar-refractivity contribution in [2.75, 3.05) is 20.6 Å². The van der Waals surface area contributed by atoms with E-state index in [1.807, 2.05) is 60.8 Å². The highest BCUT2D eigenvalue weighted by Gasteiger charge is 2.18. The number of thiazole rings is 1. The quantitative estimate of drug-likeness (QED) is 0.608. The average Bonchev–Trinajstić information content (AvgIpc) is 3.27. The van der Waals surface area contributed by atoms with E-state index in [-0.39, 0.29) is 18.4 Å². The Bertz CT molecular complexity index is 861. The van der Waals surface area contributed by atoms with Crippen molar-refractivity contribution in [2.45, 2.75) is 12.5 Å². The molecule has 3 aromatic rings. The molecule has 3 rings (SSSR count). The number of carbonyl (C=O) groups excluding carboxylic acids is 1. The molecule has 0 aliphatic carbocycles. The molecular weight excluding hydrogens is 414 g/mol. The number of amides is 1. The number of benzene rings is 1. The molecule has 2 heterocycles. The van der Waals surface area contributed by atoms with Crippen LogP contribution in [0.3, 0.4) is 0 Å². The summed E-state index contributed by atoms with van der Waals surface area (Å²) >= 11 is 5.02. The van der Waals surface area contributed by atoms with Crippen LogP contribution in [0.2, 0.25) is 0 Å². The smallest absolute Gasteiger partial charge is 0.226 e. The van der Waals surface area contributed by atoms with Gasteiger partial charge in [-0.3, -0.25) is 9.69 Å². The topological polar surface area (TPSA) is 58.4 Å². The first kappa shape index (κ1) is 18.8. The summed E-state index contributed by atoms with van der Waals surface area (Å²) in [5.74, 6) is 0.787. The number of aromatic nitrogens is 1. The minimum atomic E-state index is -0.0468. The Morgan fingerprint density at radius 2 is 2.19 bits per heavy atom. The molecule has 1 amide bonds. The van der Waals surface area contributed by atoms with E-state index in [1.54, 1.807) is 17.6 Å². The van der Waals surface area contributed by atoms with Gasteiger partial charge in [-0.05, 0) is 38.4 Å². The second-order valence-electron chi connectivity index (χ2n) is 6.13. The van der Waals surface area contributed by atoms with Crippen molar-refractivity contribution in [3.05, 3.63) is 64.0 Å². The van der Waals surface area contributed by atoms with Crippen LogP contribution in [-0.4, -0.2) is 36.4 Å². The fourth-order valence-corrected chi connectivity index (χ4v) is 3.81. The normalized spacial score (nSPS) is 12.3. The van der Waals surface area contributed by atoms with Gasteiger partial charge in [-0.1, -0.05) is 28.1 Å². The second-order valence-corrected chi connectivity index (χ2v) is 7.90. The van der Waals surface area contributed by atoms with Crippen LogP contribution in [0.5, 0.6) is 0 Å². The van der Waals surface area contributed by atoms with Crippen LogP contribution >= 0.6 is 27.3 Å². The predicted molar refractivity (Wildman–Crippen MR) is 107 cm³/mol. The standard InChI is InChI=1S/C19H20BrN3O2S/c1-23(2)16(17-7-4-8-25-17)11-21-18(24)10-15-12-26-19(22-15)13-5-3-6-14(20)9-13/h3-9,12,16H,10-11H2,1-2H3,(H,21,24). The van der Waals surface area contributed by atoms with Crippen LogP contribution in [0.15, 0.2) is 56.9 Å².